The predicted molar refractivity (Wildman–Crippen MR) is 109 cm³/mol. The van der Waals surface area contributed by atoms with Crippen molar-refractivity contribution in [3.63, 3.8) is 0 Å². The lowest BCUT2D eigenvalue weighted by atomic mass is 9.99. The molecule has 1 aromatic heterocycles. The van der Waals surface area contributed by atoms with Gasteiger partial charge in [0.05, 0.1) is 10.6 Å². The highest BCUT2D eigenvalue weighted by atomic mass is 35.5. The number of hydrogen-bond donors (Lipinski definition) is 1. The van der Waals surface area contributed by atoms with Crippen LogP contribution < -0.4 is 10.3 Å². The van der Waals surface area contributed by atoms with E-state index in [1.165, 1.54) is 13.8 Å². The summed E-state index contributed by atoms with van der Waals surface area (Å²) >= 11 is 6.07. The summed E-state index contributed by atoms with van der Waals surface area (Å²) in [5, 5.41) is 20.4. The van der Waals surface area contributed by atoms with Crippen LogP contribution in [0.1, 0.15) is 41.8 Å². The van der Waals surface area contributed by atoms with Crippen molar-refractivity contribution in [2.24, 2.45) is 0 Å². The van der Waals surface area contributed by atoms with E-state index in [1.54, 1.807) is 24.3 Å². The zero-order valence-corrected chi connectivity index (χ0v) is 17.3. The molecule has 0 aliphatic heterocycles. The first kappa shape index (κ1) is 22.5. The minimum absolute atomic E-state index is 0.111. The highest BCUT2D eigenvalue weighted by Crippen LogP contribution is 2.28. The molecule has 7 nitrogen and oxygen atoms in total. The van der Waals surface area contributed by atoms with Gasteiger partial charge in [0.1, 0.15) is 17.4 Å². The molecule has 1 N–H and O–H groups in total. The molecule has 1 heterocycles. The van der Waals surface area contributed by atoms with E-state index in [1.807, 2.05) is 13.0 Å². The van der Waals surface area contributed by atoms with Crippen LogP contribution >= 0.6 is 11.6 Å². The normalized spacial score (nSPS) is 11.7. The molecule has 1 unspecified atom stereocenters. The Balaban J connectivity index is 2.42. The van der Waals surface area contributed by atoms with Gasteiger partial charge in [0.2, 0.25) is 11.7 Å². The number of pyridine rings is 1. The van der Waals surface area contributed by atoms with Gasteiger partial charge in [-0.2, -0.15) is 5.26 Å². The van der Waals surface area contributed by atoms with Gasteiger partial charge in [0, 0.05) is 19.8 Å². The minimum Gasteiger partial charge on any atom is -0.494 e. The molecule has 0 bridgehead atoms. The summed E-state index contributed by atoms with van der Waals surface area (Å²) < 4.78 is 11.9. The third kappa shape index (κ3) is 4.97. The fraction of sp³-hybridized carbons (Fsp3) is 0.381. The van der Waals surface area contributed by atoms with Crippen molar-refractivity contribution in [1.82, 2.24) is 4.57 Å². The summed E-state index contributed by atoms with van der Waals surface area (Å²) in [6.45, 7) is 5.84. The zero-order valence-electron chi connectivity index (χ0n) is 16.6. The van der Waals surface area contributed by atoms with E-state index in [-0.39, 0.29) is 23.2 Å². The largest absolute Gasteiger partial charge is 0.494 e. The first-order valence-electron chi connectivity index (χ1n) is 9.23. The summed E-state index contributed by atoms with van der Waals surface area (Å²) in [7, 11) is 0. The van der Waals surface area contributed by atoms with Gasteiger partial charge in [0.25, 0.3) is 5.56 Å². The average molecular weight is 419 g/mol. The number of hydrogen-bond acceptors (Lipinski definition) is 6. The fourth-order valence-corrected chi connectivity index (χ4v) is 3.09. The number of carbonyl (C=O) groups is 1. The molecule has 0 aliphatic carbocycles. The van der Waals surface area contributed by atoms with Crippen molar-refractivity contribution in [2.75, 3.05) is 13.2 Å². The van der Waals surface area contributed by atoms with Crippen LogP contribution in [-0.2, 0) is 11.3 Å². The SMILES string of the molecule is CCOCCCn1c(O)c(C(=O)C(C)Oc2ccccc2Cl)c(C)c(C#N)c1=O. The molecule has 0 spiro atoms. The molecular formula is C21H23ClN2O5. The van der Waals surface area contributed by atoms with Crippen LogP contribution in [0.25, 0.3) is 0 Å². The second kappa shape index (κ2) is 10.1. The number of ether oxygens (including phenoxy) is 2. The lowest BCUT2D eigenvalue weighted by Gasteiger charge is -2.19. The summed E-state index contributed by atoms with van der Waals surface area (Å²) in [5.74, 6) is -0.727. The maximum Gasteiger partial charge on any atom is 0.271 e. The number of halogens is 1. The number of carbonyl (C=O) groups excluding carboxylic acids is 1. The Bertz CT molecular complexity index is 994. The van der Waals surface area contributed by atoms with Gasteiger partial charge >= 0.3 is 0 Å². The van der Waals surface area contributed by atoms with E-state index >= 15 is 0 Å². The number of aromatic hydroxyl groups is 1. The molecule has 2 rings (SSSR count). The summed E-state index contributed by atoms with van der Waals surface area (Å²) in [4.78, 5) is 25.6. The third-order valence-corrected chi connectivity index (χ3v) is 4.74. The van der Waals surface area contributed by atoms with Crippen LogP contribution in [0.5, 0.6) is 11.6 Å². The van der Waals surface area contributed by atoms with E-state index in [9.17, 15) is 20.0 Å². The summed E-state index contributed by atoms with van der Waals surface area (Å²) in [6, 6.07) is 8.53. The molecule has 29 heavy (non-hydrogen) atoms. The van der Waals surface area contributed by atoms with Crippen LogP contribution in [-0.4, -0.2) is 34.8 Å². The maximum atomic E-state index is 13.0. The lowest BCUT2D eigenvalue weighted by molar-refractivity contribution is 0.0812. The standard InChI is InChI=1S/C21H23ClN2O5/c1-4-28-11-7-10-24-20(26)15(12-23)13(2)18(21(24)27)19(25)14(3)29-17-9-6-5-8-16(17)22/h5-6,8-9,14,27H,4,7,10-11H2,1-3H3. The van der Waals surface area contributed by atoms with Crippen LogP contribution in [0.15, 0.2) is 29.1 Å². The molecule has 0 saturated heterocycles. The van der Waals surface area contributed by atoms with Gasteiger partial charge in [-0.25, -0.2) is 0 Å². The van der Waals surface area contributed by atoms with Gasteiger partial charge < -0.3 is 14.6 Å². The molecule has 1 atom stereocenters. The van der Waals surface area contributed by atoms with Crippen LogP contribution in [0.4, 0.5) is 0 Å². The second-order valence-electron chi connectivity index (χ2n) is 6.37. The number of ketones is 1. The van der Waals surface area contributed by atoms with E-state index in [2.05, 4.69) is 0 Å². The van der Waals surface area contributed by atoms with E-state index < -0.39 is 23.3 Å². The monoisotopic (exact) mass is 418 g/mol. The highest BCUT2D eigenvalue weighted by molar-refractivity contribution is 6.32. The Kier molecular flexibility index (Phi) is 7.82. The van der Waals surface area contributed by atoms with Crippen molar-refractivity contribution in [3.05, 3.63) is 56.3 Å². The van der Waals surface area contributed by atoms with Crippen molar-refractivity contribution in [2.45, 2.75) is 39.8 Å². The topological polar surface area (TPSA) is 102 Å². The molecule has 1 aromatic carbocycles. The first-order valence-corrected chi connectivity index (χ1v) is 9.60. The average Bonchev–Trinajstić information content (AvgIpc) is 2.69. The van der Waals surface area contributed by atoms with Crippen LogP contribution in [0.3, 0.4) is 0 Å². The number of benzene rings is 1. The Labute approximate surface area is 174 Å². The molecule has 8 heteroatoms. The van der Waals surface area contributed by atoms with Gasteiger partial charge in [-0.3, -0.25) is 14.2 Å². The number of nitrogens with zero attached hydrogens (tertiary/aromatic N) is 2. The van der Waals surface area contributed by atoms with E-state index in [0.717, 1.165) is 4.57 Å². The minimum atomic E-state index is -1.000. The van der Waals surface area contributed by atoms with Crippen LogP contribution in [0, 0.1) is 18.3 Å². The van der Waals surface area contributed by atoms with Crippen LogP contribution in [0.2, 0.25) is 5.02 Å². The summed E-state index contributed by atoms with van der Waals surface area (Å²) in [5.41, 5.74) is -0.824. The fourth-order valence-electron chi connectivity index (χ4n) is 2.91. The maximum absolute atomic E-state index is 13.0. The molecule has 0 saturated carbocycles. The number of Topliss-reactive ketones (excluding diaryl/α,β-unsaturated/α-hetero) is 1. The predicted octanol–water partition coefficient (Wildman–Crippen LogP) is 3.46. The summed E-state index contributed by atoms with van der Waals surface area (Å²) in [6.07, 6.45) is -0.561. The van der Waals surface area contributed by atoms with Crippen molar-refractivity contribution in [3.8, 4) is 17.7 Å². The molecule has 0 fully saturated rings. The lowest BCUT2D eigenvalue weighted by Crippen LogP contribution is -2.31. The van der Waals surface area contributed by atoms with Gasteiger partial charge in [0.15, 0.2) is 6.10 Å². The van der Waals surface area contributed by atoms with Gasteiger partial charge in [-0.05, 0) is 44.9 Å². The smallest absolute Gasteiger partial charge is 0.271 e. The Morgan fingerprint density at radius 2 is 2.07 bits per heavy atom. The third-order valence-electron chi connectivity index (χ3n) is 4.43. The number of nitriles is 1. The number of aromatic nitrogens is 1. The van der Waals surface area contributed by atoms with E-state index in [0.29, 0.717) is 30.4 Å². The zero-order chi connectivity index (χ0) is 21.6. The molecule has 0 aliphatic rings. The molecule has 154 valence electrons. The van der Waals surface area contributed by atoms with Crippen molar-refractivity contribution in [1.29, 1.82) is 5.26 Å². The molecule has 0 amide bonds. The van der Waals surface area contributed by atoms with E-state index in [4.69, 9.17) is 21.1 Å². The quantitative estimate of drug-likeness (QED) is 0.494. The number of rotatable bonds is 9. The molecule has 2 aromatic rings. The van der Waals surface area contributed by atoms with Gasteiger partial charge in [-0.15, -0.1) is 0 Å². The van der Waals surface area contributed by atoms with Crippen molar-refractivity contribution >= 4 is 17.4 Å². The second-order valence-corrected chi connectivity index (χ2v) is 6.78. The first-order chi connectivity index (χ1) is 13.8. The number of para-hydroxylation sites is 1. The highest BCUT2D eigenvalue weighted by Gasteiger charge is 2.28. The Morgan fingerprint density at radius 1 is 1.38 bits per heavy atom. The van der Waals surface area contributed by atoms with Crippen molar-refractivity contribution < 1.29 is 19.4 Å². The Morgan fingerprint density at radius 3 is 2.69 bits per heavy atom. The molecule has 0 radical (unpaired) electrons. The molecular weight excluding hydrogens is 396 g/mol. The Hall–Kier alpha value is -2.82. The van der Waals surface area contributed by atoms with Gasteiger partial charge in [-0.1, -0.05) is 23.7 Å².